The summed E-state index contributed by atoms with van der Waals surface area (Å²) >= 11 is 0. The normalized spacial score (nSPS) is 11.1. The van der Waals surface area contributed by atoms with E-state index in [0.717, 1.165) is 23.7 Å². The number of nitrogens with zero attached hydrogens (tertiary/aromatic N) is 4. The number of nitrogens with one attached hydrogen (secondary N) is 1. The summed E-state index contributed by atoms with van der Waals surface area (Å²) in [5, 5.41) is 7.40. The molecule has 0 spiro atoms. The third-order valence-electron chi connectivity index (χ3n) is 2.67. The van der Waals surface area contributed by atoms with Crippen LogP contribution < -0.4 is 5.32 Å². The van der Waals surface area contributed by atoms with Gasteiger partial charge in [-0.05, 0) is 25.2 Å². The Kier molecular flexibility index (Phi) is 2.38. The Labute approximate surface area is 98.7 Å². The van der Waals surface area contributed by atoms with Gasteiger partial charge in [-0.2, -0.15) is 5.10 Å². The van der Waals surface area contributed by atoms with Gasteiger partial charge in [0.15, 0.2) is 5.82 Å². The SMILES string of the molecule is CNCc1c(-n2cccn2)nc2ccccn12. The molecule has 5 nitrogen and oxygen atoms in total. The molecule has 0 saturated carbocycles. The summed E-state index contributed by atoms with van der Waals surface area (Å²) in [5.41, 5.74) is 2.04. The molecular weight excluding hydrogens is 214 g/mol. The average Bonchev–Trinajstić information content (AvgIpc) is 2.97. The van der Waals surface area contributed by atoms with E-state index in [9.17, 15) is 0 Å². The van der Waals surface area contributed by atoms with Crippen LogP contribution in [0.1, 0.15) is 5.69 Å². The van der Waals surface area contributed by atoms with Crippen molar-refractivity contribution in [3.05, 3.63) is 48.5 Å². The second-order valence-electron chi connectivity index (χ2n) is 3.79. The maximum Gasteiger partial charge on any atom is 0.176 e. The Morgan fingerprint density at radius 3 is 2.94 bits per heavy atom. The Morgan fingerprint density at radius 2 is 2.18 bits per heavy atom. The van der Waals surface area contributed by atoms with Crippen molar-refractivity contribution in [1.82, 2.24) is 24.5 Å². The van der Waals surface area contributed by atoms with Gasteiger partial charge in [-0.15, -0.1) is 0 Å². The number of pyridine rings is 1. The molecule has 86 valence electrons. The van der Waals surface area contributed by atoms with E-state index >= 15 is 0 Å². The first kappa shape index (κ1) is 10.0. The first-order valence-corrected chi connectivity index (χ1v) is 5.51. The van der Waals surface area contributed by atoms with Gasteiger partial charge in [0.1, 0.15) is 5.65 Å². The molecule has 0 saturated heterocycles. The van der Waals surface area contributed by atoms with Crippen molar-refractivity contribution < 1.29 is 0 Å². The Hall–Kier alpha value is -2.14. The van der Waals surface area contributed by atoms with Gasteiger partial charge < -0.3 is 9.72 Å². The van der Waals surface area contributed by atoms with E-state index in [2.05, 4.69) is 19.8 Å². The van der Waals surface area contributed by atoms with Gasteiger partial charge in [-0.25, -0.2) is 9.67 Å². The fourth-order valence-electron chi connectivity index (χ4n) is 1.94. The van der Waals surface area contributed by atoms with Gasteiger partial charge in [-0.3, -0.25) is 0 Å². The number of aromatic nitrogens is 4. The van der Waals surface area contributed by atoms with E-state index in [-0.39, 0.29) is 0 Å². The minimum atomic E-state index is 0.750. The number of hydrogen-bond acceptors (Lipinski definition) is 3. The molecule has 1 N–H and O–H groups in total. The molecule has 0 aliphatic carbocycles. The van der Waals surface area contributed by atoms with Crippen molar-refractivity contribution in [1.29, 1.82) is 0 Å². The third kappa shape index (κ3) is 1.60. The van der Waals surface area contributed by atoms with E-state index in [1.54, 1.807) is 10.9 Å². The molecular formula is C12H13N5. The predicted octanol–water partition coefficient (Wildman–Crippen LogP) is 1.24. The van der Waals surface area contributed by atoms with Crippen LogP contribution >= 0.6 is 0 Å². The maximum absolute atomic E-state index is 4.60. The Morgan fingerprint density at radius 1 is 1.24 bits per heavy atom. The molecule has 0 aromatic carbocycles. The van der Waals surface area contributed by atoms with Crippen molar-refractivity contribution in [2.45, 2.75) is 6.54 Å². The molecule has 3 rings (SSSR count). The highest BCUT2D eigenvalue weighted by molar-refractivity contribution is 5.48. The molecule has 3 aromatic rings. The molecule has 3 heterocycles. The second-order valence-corrected chi connectivity index (χ2v) is 3.79. The molecule has 0 aliphatic rings. The lowest BCUT2D eigenvalue weighted by molar-refractivity contribution is 0.754. The molecule has 0 bridgehead atoms. The first-order chi connectivity index (χ1) is 8.40. The molecule has 0 radical (unpaired) electrons. The lowest BCUT2D eigenvalue weighted by atomic mass is 10.4. The molecule has 0 atom stereocenters. The van der Waals surface area contributed by atoms with Gasteiger partial charge in [0, 0.05) is 25.1 Å². The van der Waals surface area contributed by atoms with E-state index in [4.69, 9.17) is 0 Å². The summed E-state index contributed by atoms with van der Waals surface area (Å²) in [6.45, 7) is 0.750. The Balaban J connectivity index is 2.26. The smallest absolute Gasteiger partial charge is 0.176 e. The Bertz CT molecular complexity index is 623. The van der Waals surface area contributed by atoms with Gasteiger partial charge >= 0.3 is 0 Å². The van der Waals surface area contributed by atoms with Crippen molar-refractivity contribution >= 4 is 5.65 Å². The van der Waals surface area contributed by atoms with Crippen LogP contribution in [-0.4, -0.2) is 26.2 Å². The van der Waals surface area contributed by atoms with Crippen molar-refractivity contribution in [2.24, 2.45) is 0 Å². The summed E-state index contributed by atoms with van der Waals surface area (Å²) in [5.74, 6) is 0.871. The van der Waals surface area contributed by atoms with Crippen molar-refractivity contribution in [2.75, 3.05) is 7.05 Å². The molecule has 0 unspecified atom stereocenters. The van der Waals surface area contributed by atoms with E-state index in [1.807, 2.05) is 43.7 Å². The van der Waals surface area contributed by atoms with Crippen LogP contribution in [0.5, 0.6) is 0 Å². The average molecular weight is 227 g/mol. The van der Waals surface area contributed by atoms with E-state index in [0.29, 0.717) is 0 Å². The molecule has 17 heavy (non-hydrogen) atoms. The standard InChI is InChI=1S/C12H13N5/c1-13-9-10-12(17-8-4-6-14-17)15-11-5-2-3-7-16(10)11/h2-8,13H,9H2,1H3. The summed E-state index contributed by atoms with van der Waals surface area (Å²) < 4.78 is 3.87. The second kappa shape index (κ2) is 4.03. The molecule has 0 aliphatic heterocycles. The number of imidazole rings is 1. The lowest BCUT2D eigenvalue weighted by Gasteiger charge is -2.03. The van der Waals surface area contributed by atoms with E-state index in [1.165, 1.54) is 0 Å². The van der Waals surface area contributed by atoms with Gasteiger partial charge in [-0.1, -0.05) is 6.07 Å². The zero-order chi connectivity index (χ0) is 11.7. The zero-order valence-corrected chi connectivity index (χ0v) is 9.54. The predicted molar refractivity (Wildman–Crippen MR) is 65.1 cm³/mol. The quantitative estimate of drug-likeness (QED) is 0.732. The lowest BCUT2D eigenvalue weighted by Crippen LogP contribution is -2.11. The summed E-state index contributed by atoms with van der Waals surface area (Å²) in [4.78, 5) is 4.60. The van der Waals surface area contributed by atoms with Gasteiger partial charge in [0.05, 0.1) is 5.69 Å². The highest BCUT2D eigenvalue weighted by Crippen LogP contribution is 2.15. The number of fused-ring (bicyclic) bond motifs is 1. The van der Waals surface area contributed by atoms with Crippen LogP contribution in [-0.2, 0) is 6.54 Å². The largest absolute Gasteiger partial charge is 0.314 e. The monoisotopic (exact) mass is 227 g/mol. The molecule has 3 aromatic heterocycles. The minimum absolute atomic E-state index is 0.750. The summed E-state index contributed by atoms with van der Waals surface area (Å²) in [6, 6.07) is 7.87. The van der Waals surface area contributed by atoms with Gasteiger partial charge in [0.25, 0.3) is 0 Å². The van der Waals surface area contributed by atoms with Gasteiger partial charge in [0.2, 0.25) is 0 Å². The van der Waals surface area contributed by atoms with Crippen LogP contribution in [0.4, 0.5) is 0 Å². The highest BCUT2D eigenvalue weighted by Gasteiger charge is 2.12. The van der Waals surface area contributed by atoms with Crippen molar-refractivity contribution in [3.63, 3.8) is 0 Å². The third-order valence-corrected chi connectivity index (χ3v) is 2.67. The molecule has 0 amide bonds. The minimum Gasteiger partial charge on any atom is -0.314 e. The first-order valence-electron chi connectivity index (χ1n) is 5.51. The molecule has 5 heteroatoms. The topological polar surface area (TPSA) is 47.2 Å². The van der Waals surface area contributed by atoms with Crippen LogP contribution in [0, 0.1) is 0 Å². The molecule has 0 fully saturated rings. The number of hydrogen-bond donors (Lipinski definition) is 1. The maximum atomic E-state index is 4.60. The zero-order valence-electron chi connectivity index (χ0n) is 9.54. The van der Waals surface area contributed by atoms with E-state index < -0.39 is 0 Å². The number of rotatable bonds is 3. The van der Waals surface area contributed by atoms with Crippen LogP contribution in [0.25, 0.3) is 11.5 Å². The summed E-state index contributed by atoms with van der Waals surface area (Å²) in [6.07, 6.45) is 5.68. The van der Waals surface area contributed by atoms with Crippen molar-refractivity contribution in [3.8, 4) is 5.82 Å². The fraction of sp³-hybridized carbons (Fsp3) is 0.167. The van der Waals surface area contributed by atoms with Crippen LogP contribution in [0.2, 0.25) is 0 Å². The van der Waals surface area contributed by atoms with Crippen LogP contribution in [0.15, 0.2) is 42.9 Å². The van der Waals surface area contributed by atoms with Crippen LogP contribution in [0.3, 0.4) is 0 Å². The fourth-order valence-corrected chi connectivity index (χ4v) is 1.94. The highest BCUT2D eigenvalue weighted by atomic mass is 15.3. The summed E-state index contributed by atoms with van der Waals surface area (Å²) in [7, 11) is 1.93.